The largest absolute Gasteiger partial charge is 0.444 e. The van der Waals surface area contributed by atoms with Gasteiger partial charge in [-0.25, -0.2) is 9.78 Å². The fourth-order valence-electron chi connectivity index (χ4n) is 4.57. The Morgan fingerprint density at radius 1 is 1.17 bits per heavy atom. The van der Waals surface area contributed by atoms with E-state index in [1.807, 2.05) is 12.3 Å². The highest BCUT2D eigenvalue weighted by atomic mass is 32.1. The van der Waals surface area contributed by atoms with Crippen LogP contribution in [0.2, 0.25) is 0 Å². The minimum absolute atomic E-state index is 0.118. The van der Waals surface area contributed by atoms with Crippen molar-refractivity contribution in [2.45, 2.75) is 110 Å². The maximum Gasteiger partial charge on any atom is 0.408 e. The highest BCUT2D eigenvalue weighted by Crippen LogP contribution is 2.29. The summed E-state index contributed by atoms with van der Waals surface area (Å²) >= 11 is 1.41. The van der Waals surface area contributed by atoms with Crippen LogP contribution in [0.4, 0.5) is 4.79 Å². The van der Waals surface area contributed by atoms with Crippen LogP contribution in [0.5, 0.6) is 0 Å². The number of hydrogen-bond donors (Lipinski definition) is 4. The number of carbonyl (C=O) groups is 3. The van der Waals surface area contributed by atoms with Gasteiger partial charge in [0.1, 0.15) is 11.6 Å². The fourth-order valence-corrected chi connectivity index (χ4v) is 5.14. The van der Waals surface area contributed by atoms with Gasteiger partial charge in [-0.05, 0) is 46.5 Å². The molecule has 4 atom stereocenters. The van der Waals surface area contributed by atoms with Gasteiger partial charge in [0.05, 0.1) is 23.4 Å². The Balaban J connectivity index is 2.16. The predicted octanol–water partition coefficient (Wildman–Crippen LogP) is 3.56. The van der Waals surface area contributed by atoms with Crippen LogP contribution in [0.3, 0.4) is 0 Å². The Kier molecular flexibility index (Phi) is 12.1. The number of carbonyl (C=O) groups excluding carboxylic acids is 3. The minimum atomic E-state index is -0.913. The quantitative estimate of drug-likeness (QED) is 0.331. The van der Waals surface area contributed by atoms with Crippen molar-refractivity contribution in [2.24, 2.45) is 11.8 Å². The van der Waals surface area contributed by atoms with Gasteiger partial charge in [-0.3, -0.25) is 9.59 Å². The van der Waals surface area contributed by atoms with E-state index in [0.29, 0.717) is 24.6 Å². The molecule has 0 aromatic carbocycles. The summed E-state index contributed by atoms with van der Waals surface area (Å²) in [6.07, 6.45) is 5.10. The molecule has 0 aliphatic heterocycles. The summed E-state index contributed by atoms with van der Waals surface area (Å²) in [5.74, 6) is -0.516. The SMILES string of the molecule is CCNC(=O)[C@H](C)C[C@H](O)[C@H](CC1CCCCC1)NC(=O)[C@H](Cc1cscn1)NC(=O)OC(C)(C)C. The van der Waals surface area contributed by atoms with Crippen LogP contribution >= 0.6 is 11.3 Å². The highest BCUT2D eigenvalue weighted by Gasteiger charge is 2.32. The van der Waals surface area contributed by atoms with Crippen LogP contribution in [0.25, 0.3) is 0 Å². The first kappa shape index (κ1) is 30.0. The Labute approximate surface area is 219 Å². The van der Waals surface area contributed by atoms with Gasteiger partial charge < -0.3 is 25.8 Å². The first-order valence-corrected chi connectivity index (χ1v) is 14.1. The highest BCUT2D eigenvalue weighted by molar-refractivity contribution is 7.07. The summed E-state index contributed by atoms with van der Waals surface area (Å²) in [6, 6.07) is -1.44. The Hall–Kier alpha value is -2.20. The third-order valence-electron chi connectivity index (χ3n) is 6.40. The third-order valence-corrected chi connectivity index (χ3v) is 7.04. The van der Waals surface area contributed by atoms with E-state index in [-0.39, 0.29) is 18.7 Å². The van der Waals surface area contributed by atoms with Gasteiger partial charge >= 0.3 is 6.09 Å². The molecular formula is C26H44N4O5S. The fraction of sp³-hybridized carbons (Fsp3) is 0.769. The first-order valence-electron chi connectivity index (χ1n) is 13.1. The molecule has 1 aromatic rings. The van der Waals surface area contributed by atoms with Crippen LogP contribution in [0, 0.1) is 11.8 Å². The van der Waals surface area contributed by atoms with Gasteiger partial charge in [0.25, 0.3) is 0 Å². The van der Waals surface area contributed by atoms with Crippen molar-refractivity contribution in [1.82, 2.24) is 20.9 Å². The van der Waals surface area contributed by atoms with E-state index < -0.39 is 41.7 Å². The molecule has 1 aromatic heterocycles. The van der Waals surface area contributed by atoms with E-state index in [2.05, 4.69) is 20.9 Å². The molecule has 0 unspecified atom stereocenters. The molecule has 2 rings (SSSR count). The number of amides is 3. The molecule has 9 nitrogen and oxygen atoms in total. The normalized spacial score (nSPS) is 17.9. The van der Waals surface area contributed by atoms with E-state index in [9.17, 15) is 19.5 Å². The second kappa shape index (κ2) is 14.5. The van der Waals surface area contributed by atoms with Crippen molar-refractivity contribution in [3.8, 4) is 0 Å². The van der Waals surface area contributed by atoms with E-state index in [0.717, 1.165) is 25.7 Å². The molecule has 1 fully saturated rings. The molecule has 1 aliphatic rings. The Bertz CT molecular complexity index is 821. The number of aromatic nitrogens is 1. The minimum Gasteiger partial charge on any atom is -0.444 e. The van der Waals surface area contributed by atoms with E-state index >= 15 is 0 Å². The monoisotopic (exact) mass is 524 g/mol. The molecule has 0 saturated heterocycles. The number of alkyl carbamates (subject to hydrolysis) is 1. The van der Waals surface area contributed by atoms with Crippen molar-refractivity contribution in [3.05, 3.63) is 16.6 Å². The molecule has 4 N–H and O–H groups in total. The van der Waals surface area contributed by atoms with E-state index in [1.54, 1.807) is 33.2 Å². The van der Waals surface area contributed by atoms with Gasteiger partial charge in [-0.2, -0.15) is 0 Å². The summed E-state index contributed by atoms with van der Waals surface area (Å²) in [5, 5.41) is 21.4. The molecule has 36 heavy (non-hydrogen) atoms. The lowest BCUT2D eigenvalue weighted by atomic mass is 9.82. The molecule has 3 amide bonds. The van der Waals surface area contributed by atoms with Crippen molar-refractivity contribution in [2.75, 3.05) is 6.54 Å². The molecule has 1 heterocycles. The number of rotatable bonds is 12. The second-order valence-electron chi connectivity index (χ2n) is 10.8. The zero-order valence-corrected chi connectivity index (χ0v) is 23.2. The zero-order chi connectivity index (χ0) is 26.7. The van der Waals surface area contributed by atoms with Crippen LogP contribution in [0.1, 0.15) is 85.3 Å². The van der Waals surface area contributed by atoms with Crippen LogP contribution in [-0.4, -0.2) is 58.3 Å². The molecule has 0 bridgehead atoms. The molecule has 0 radical (unpaired) electrons. The predicted molar refractivity (Wildman–Crippen MR) is 141 cm³/mol. The molecule has 10 heteroatoms. The summed E-state index contributed by atoms with van der Waals surface area (Å²) in [4.78, 5) is 42.5. The maximum absolute atomic E-state index is 13.5. The lowest BCUT2D eigenvalue weighted by molar-refractivity contribution is -0.126. The third kappa shape index (κ3) is 10.8. The van der Waals surface area contributed by atoms with Gasteiger partial charge in [-0.1, -0.05) is 39.0 Å². The summed E-state index contributed by atoms with van der Waals surface area (Å²) in [5.41, 5.74) is 1.65. The number of hydrogen-bond acceptors (Lipinski definition) is 7. The first-order chi connectivity index (χ1) is 17.0. The van der Waals surface area contributed by atoms with Crippen LogP contribution in [0.15, 0.2) is 10.9 Å². The zero-order valence-electron chi connectivity index (χ0n) is 22.3. The average Bonchev–Trinajstić information content (AvgIpc) is 3.31. The second-order valence-corrected chi connectivity index (χ2v) is 11.6. The number of nitrogens with zero attached hydrogens (tertiary/aromatic N) is 1. The lowest BCUT2D eigenvalue weighted by Crippen LogP contribution is -2.54. The van der Waals surface area contributed by atoms with Gasteiger partial charge in [0.2, 0.25) is 11.8 Å². The van der Waals surface area contributed by atoms with E-state index in [4.69, 9.17) is 4.74 Å². The summed E-state index contributed by atoms with van der Waals surface area (Å²) in [6.45, 7) is 9.43. The van der Waals surface area contributed by atoms with Crippen molar-refractivity contribution in [3.63, 3.8) is 0 Å². The summed E-state index contributed by atoms with van der Waals surface area (Å²) < 4.78 is 5.37. The van der Waals surface area contributed by atoms with Gasteiger partial charge in [0, 0.05) is 24.3 Å². The molecule has 1 saturated carbocycles. The molecule has 0 spiro atoms. The number of thiazole rings is 1. The smallest absolute Gasteiger partial charge is 0.408 e. The number of ether oxygens (including phenoxy) is 1. The Morgan fingerprint density at radius 2 is 1.86 bits per heavy atom. The van der Waals surface area contributed by atoms with Gasteiger partial charge in [-0.15, -0.1) is 11.3 Å². The van der Waals surface area contributed by atoms with Crippen LogP contribution in [-0.2, 0) is 20.7 Å². The number of nitrogens with one attached hydrogen (secondary N) is 3. The Morgan fingerprint density at radius 3 is 2.44 bits per heavy atom. The maximum atomic E-state index is 13.5. The number of aliphatic hydroxyl groups is 1. The number of aliphatic hydroxyl groups excluding tert-OH is 1. The van der Waals surface area contributed by atoms with Crippen LogP contribution < -0.4 is 16.0 Å². The average molecular weight is 525 g/mol. The molecular weight excluding hydrogens is 480 g/mol. The lowest BCUT2D eigenvalue weighted by Gasteiger charge is -2.32. The standard InChI is InChI=1S/C26H44N4O5S/c1-6-27-23(32)17(2)12-22(31)20(13-18-10-8-7-9-11-18)29-24(33)21(14-19-15-36-16-28-19)30-25(34)35-26(3,4)5/h15-18,20-22,31H,6-14H2,1-5H3,(H,27,32)(H,29,33)(H,30,34)/t17-,20+,21+,22+/m1/s1. The van der Waals surface area contributed by atoms with E-state index in [1.165, 1.54) is 17.8 Å². The van der Waals surface area contributed by atoms with Gasteiger partial charge in [0.15, 0.2) is 0 Å². The molecule has 204 valence electrons. The summed E-state index contributed by atoms with van der Waals surface area (Å²) in [7, 11) is 0. The molecule has 1 aliphatic carbocycles. The topological polar surface area (TPSA) is 130 Å². The van der Waals surface area contributed by atoms with Crippen molar-refractivity contribution >= 4 is 29.2 Å². The van der Waals surface area contributed by atoms with Crippen molar-refractivity contribution < 1.29 is 24.2 Å². The van der Waals surface area contributed by atoms with Crippen molar-refractivity contribution in [1.29, 1.82) is 0 Å².